The van der Waals surface area contributed by atoms with Crippen LogP contribution in [-0.2, 0) is 17.8 Å². The van der Waals surface area contributed by atoms with E-state index in [9.17, 15) is 14.4 Å². The molecular formula is C18H20N2O4. The maximum absolute atomic E-state index is 12.0. The molecular weight excluding hydrogens is 308 g/mol. The van der Waals surface area contributed by atoms with Gasteiger partial charge in [-0.25, -0.2) is 4.79 Å². The van der Waals surface area contributed by atoms with Crippen LogP contribution in [0.3, 0.4) is 0 Å². The van der Waals surface area contributed by atoms with Gasteiger partial charge in [0.05, 0.1) is 5.56 Å². The first-order valence-electron chi connectivity index (χ1n) is 7.73. The van der Waals surface area contributed by atoms with Gasteiger partial charge in [-0.1, -0.05) is 30.3 Å². The van der Waals surface area contributed by atoms with Crippen molar-refractivity contribution in [2.45, 2.75) is 32.4 Å². The summed E-state index contributed by atoms with van der Waals surface area (Å²) in [5, 5.41) is 11.8. The van der Waals surface area contributed by atoms with Gasteiger partial charge in [-0.05, 0) is 31.4 Å². The van der Waals surface area contributed by atoms with Crippen LogP contribution < -0.4 is 10.9 Å². The van der Waals surface area contributed by atoms with E-state index in [0.29, 0.717) is 0 Å². The monoisotopic (exact) mass is 328 g/mol. The van der Waals surface area contributed by atoms with Crippen molar-refractivity contribution in [2.24, 2.45) is 0 Å². The second-order valence-electron chi connectivity index (χ2n) is 5.68. The quantitative estimate of drug-likeness (QED) is 0.809. The third-order valence-corrected chi connectivity index (χ3v) is 3.66. The number of carboxylic acids is 1. The zero-order valence-electron chi connectivity index (χ0n) is 13.4. The first-order valence-corrected chi connectivity index (χ1v) is 7.73. The van der Waals surface area contributed by atoms with E-state index >= 15 is 0 Å². The molecule has 126 valence electrons. The van der Waals surface area contributed by atoms with Gasteiger partial charge >= 0.3 is 5.97 Å². The van der Waals surface area contributed by atoms with Crippen LogP contribution in [0.1, 0.15) is 29.3 Å². The fourth-order valence-electron chi connectivity index (χ4n) is 2.36. The largest absolute Gasteiger partial charge is 0.478 e. The van der Waals surface area contributed by atoms with E-state index in [-0.39, 0.29) is 24.1 Å². The van der Waals surface area contributed by atoms with Crippen molar-refractivity contribution in [3.63, 3.8) is 0 Å². The summed E-state index contributed by atoms with van der Waals surface area (Å²) in [7, 11) is 0. The Morgan fingerprint density at radius 3 is 2.54 bits per heavy atom. The fourth-order valence-corrected chi connectivity index (χ4v) is 2.36. The molecule has 0 saturated heterocycles. The van der Waals surface area contributed by atoms with E-state index < -0.39 is 11.5 Å². The number of amides is 1. The van der Waals surface area contributed by atoms with Crippen molar-refractivity contribution in [3.8, 4) is 0 Å². The predicted molar refractivity (Wildman–Crippen MR) is 90.0 cm³/mol. The van der Waals surface area contributed by atoms with Crippen LogP contribution >= 0.6 is 0 Å². The standard InChI is InChI=1S/C18H20N2O4/c1-13(7-8-14-5-3-2-4-6-14)19-16(21)12-20-11-15(18(23)24)9-10-17(20)22/h2-6,9-11,13H,7-8,12H2,1H3,(H,19,21)(H,23,24). The van der Waals surface area contributed by atoms with Crippen LogP contribution in [0.2, 0.25) is 0 Å². The zero-order valence-corrected chi connectivity index (χ0v) is 13.4. The van der Waals surface area contributed by atoms with E-state index in [1.54, 1.807) is 0 Å². The smallest absolute Gasteiger partial charge is 0.337 e. The van der Waals surface area contributed by atoms with Gasteiger partial charge in [-0.2, -0.15) is 0 Å². The second-order valence-corrected chi connectivity index (χ2v) is 5.68. The number of rotatable bonds is 7. The first-order chi connectivity index (χ1) is 11.5. The summed E-state index contributed by atoms with van der Waals surface area (Å²) in [5.41, 5.74) is 0.760. The number of nitrogens with one attached hydrogen (secondary N) is 1. The molecule has 24 heavy (non-hydrogen) atoms. The Balaban J connectivity index is 1.89. The molecule has 0 aliphatic rings. The average molecular weight is 328 g/mol. The topological polar surface area (TPSA) is 88.4 Å². The molecule has 1 heterocycles. The second kappa shape index (κ2) is 8.10. The molecule has 6 nitrogen and oxygen atoms in total. The molecule has 2 rings (SSSR count). The number of hydrogen-bond donors (Lipinski definition) is 2. The molecule has 0 bridgehead atoms. The molecule has 0 aliphatic heterocycles. The summed E-state index contributed by atoms with van der Waals surface area (Å²) in [6, 6.07) is 12.3. The highest BCUT2D eigenvalue weighted by Crippen LogP contribution is 2.05. The number of carboxylic acid groups (broad SMARTS) is 1. The molecule has 0 aliphatic carbocycles. The van der Waals surface area contributed by atoms with Gasteiger partial charge < -0.3 is 15.0 Å². The number of pyridine rings is 1. The molecule has 0 fully saturated rings. The Morgan fingerprint density at radius 2 is 1.88 bits per heavy atom. The van der Waals surface area contributed by atoms with Crippen LogP contribution in [0.25, 0.3) is 0 Å². The van der Waals surface area contributed by atoms with Crippen molar-refractivity contribution in [1.29, 1.82) is 0 Å². The molecule has 1 aromatic carbocycles. The van der Waals surface area contributed by atoms with Gasteiger partial charge in [0.25, 0.3) is 5.56 Å². The highest BCUT2D eigenvalue weighted by atomic mass is 16.4. The van der Waals surface area contributed by atoms with Crippen molar-refractivity contribution < 1.29 is 14.7 Å². The van der Waals surface area contributed by atoms with Crippen LogP contribution in [0.4, 0.5) is 0 Å². The van der Waals surface area contributed by atoms with E-state index in [1.165, 1.54) is 17.8 Å². The lowest BCUT2D eigenvalue weighted by Crippen LogP contribution is -2.37. The number of hydrogen-bond acceptors (Lipinski definition) is 3. The lowest BCUT2D eigenvalue weighted by molar-refractivity contribution is -0.122. The summed E-state index contributed by atoms with van der Waals surface area (Å²) in [6.45, 7) is 1.70. The Bertz CT molecular complexity index is 768. The maximum Gasteiger partial charge on any atom is 0.337 e. The van der Waals surface area contributed by atoms with E-state index in [2.05, 4.69) is 5.32 Å². The van der Waals surface area contributed by atoms with E-state index in [0.717, 1.165) is 23.5 Å². The zero-order chi connectivity index (χ0) is 17.5. The number of carbonyl (C=O) groups is 2. The van der Waals surface area contributed by atoms with Gasteiger partial charge in [0.1, 0.15) is 6.54 Å². The molecule has 0 radical (unpaired) electrons. The summed E-state index contributed by atoms with van der Waals surface area (Å²) >= 11 is 0. The molecule has 0 saturated carbocycles. The Morgan fingerprint density at radius 1 is 1.17 bits per heavy atom. The SMILES string of the molecule is CC(CCc1ccccc1)NC(=O)Cn1cc(C(=O)O)ccc1=O. The van der Waals surface area contributed by atoms with Crippen molar-refractivity contribution in [2.75, 3.05) is 0 Å². The number of aromatic nitrogens is 1. The molecule has 2 aromatic rings. The van der Waals surface area contributed by atoms with E-state index in [1.807, 2.05) is 37.3 Å². The summed E-state index contributed by atoms with van der Waals surface area (Å²) in [6.07, 6.45) is 2.80. The minimum atomic E-state index is -1.14. The number of nitrogens with zero attached hydrogens (tertiary/aromatic N) is 1. The Kier molecular flexibility index (Phi) is 5.89. The molecule has 1 aromatic heterocycles. The maximum atomic E-state index is 12.0. The predicted octanol–water partition coefficient (Wildman–Crippen LogP) is 1.68. The highest BCUT2D eigenvalue weighted by molar-refractivity contribution is 5.87. The summed E-state index contributed by atoms with van der Waals surface area (Å²) in [4.78, 5) is 34.7. The number of benzene rings is 1. The average Bonchev–Trinajstić information content (AvgIpc) is 2.55. The third kappa shape index (κ3) is 5.08. The number of aryl methyl sites for hydroxylation is 1. The van der Waals surface area contributed by atoms with Gasteiger partial charge in [0.2, 0.25) is 5.91 Å². The molecule has 6 heteroatoms. The number of aromatic carboxylic acids is 1. The van der Waals surface area contributed by atoms with Crippen molar-refractivity contribution >= 4 is 11.9 Å². The molecule has 1 unspecified atom stereocenters. The number of carbonyl (C=O) groups excluding carboxylic acids is 1. The molecule has 1 atom stereocenters. The van der Waals surface area contributed by atoms with Crippen LogP contribution in [0.5, 0.6) is 0 Å². The highest BCUT2D eigenvalue weighted by Gasteiger charge is 2.11. The third-order valence-electron chi connectivity index (χ3n) is 3.66. The Labute approximate surface area is 139 Å². The van der Waals surface area contributed by atoms with Gasteiger partial charge in [0.15, 0.2) is 0 Å². The summed E-state index contributed by atoms with van der Waals surface area (Å²) in [5.74, 6) is -1.46. The van der Waals surface area contributed by atoms with Gasteiger partial charge in [0, 0.05) is 18.3 Å². The first kappa shape index (κ1) is 17.5. The van der Waals surface area contributed by atoms with Crippen molar-refractivity contribution in [3.05, 3.63) is 70.1 Å². The lowest BCUT2D eigenvalue weighted by atomic mass is 10.1. The molecule has 0 spiro atoms. The molecule has 2 N–H and O–H groups in total. The minimum absolute atomic E-state index is 0.0282. The normalized spacial score (nSPS) is 11.7. The molecule has 1 amide bonds. The van der Waals surface area contributed by atoms with Crippen molar-refractivity contribution in [1.82, 2.24) is 9.88 Å². The van der Waals surface area contributed by atoms with E-state index in [4.69, 9.17) is 5.11 Å². The van der Waals surface area contributed by atoms with Gasteiger partial charge in [-0.15, -0.1) is 0 Å². The van der Waals surface area contributed by atoms with Crippen LogP contribution in [0.15, 0.2) is 53.5 Å². The van der Waals surface area contributed by atoms with Gasteiger partial charge in [-0.3, -0.25) is 9.59 Å². The van der Waals surface area contributed by atoms with Crippen LogP contribution in [0, 0.1) is 0 Å². The minimum Gasteiger partial charge on any atom is -0.478 e. The lowest BCUT2D eigenvalue weighted by Gasteiger charge is -2.14. The fraction of sp³-hybridized carbons (Fsp3) is 0.278. The Hall–Kier alpha value is -2.89. The van der Waals surface area contributed by atoms with Crippen LogP contribution in [-0.4, -0.2) is 27.6 Å². The summed E-state index contributed by atoms with van der Waals surface area (Å²) < 4.78 is 1.10.